The third kappa shape index (κ3) is 3.09. The van der Waals surface area contributed by atoms with Crippen molar-refractivity contribution in [2.45, 2.75) is 25.8 Å². The van der Waals surface area contributed by atoms with Crippen molar-refractivity contribution in [3.63, 3.8) is 0 Å². The second kappa shape index (κ2) is 5.36. The van der Waals surface area contributed by atoms with E-state index in [-0.39, 0.29) is 0 Å². The van der Waals surface area contributed by atoms with Crippen molar-refractivity contribution in [3.8, 4) is 6.07 Å². The molecule has 0 aromatic rings. The molecule has 3 nitrogen and oxygen atoms in total. The van der Waals surface area contributed by atoms with Gasteiger partial charge in [0.05, 0.1) is 12.5 Å². The molecule has 0 N–H and O–H groups in total. The predicted molar refractivity (Wildman–Crippen MR) is 53.8 cm³/mol. The van der Waals surface area contributed by atoms with Crippen LogP contribution in [0.1, 0.15) is 19.8 Å². The van der Waals surface area contributed by atoms with E-state index in [1.165, 1.54) is 0 Å². The number of nitrogens with zero attached hydrogens (tertiary/aromatic N) is 2. The van der Waals surface area contributed by atoms with Crippen LogP contribution in [-0.4, -0.2) is 39.7 Å². The molecule has 1 unspecified atom stereocenters. The summed E-state index contributed by atoms with van der Waals surface area (Å²) in [4.78, 5) is 2.30. The summed E-state index contributed by atoms with van der Waals surface area (Å²) in [6, 6.07) is 2.59. The molecule has 0 aromatic heterocycles. The Kier molecular flexibility index (Phi) is 4.40. The maximum absolute atomic E-state index is 11.1. The summed E-state index contributed by atoms with van der Waals surface area (Å²) in [6.45, 7) is 3.90. The van der Waals surface area contributed by atoms with Crippen molar-refractivity contribution in [2.24, 2.45) is 0 Å². The summed E-state index contributed by atoms with van der Waals surface area (Å²) in [5.41, 5.74) is 0. The van der Waals surface area contributed by atoms with Crippen LogP contribution < -0.4 is 0 Å². The highest BCUT2D eigenvalue weighted by atomic mass is 32.2. The Bertz CT molecular complexity index is 214. The molecule has 1 heterocycles. The van der Waals surface area contributed by atoms with E-state index in [9.17, 15) is 4.21 Å². The van der Waals surface area contributed by atoms with Crippen LogP contribution in [-0.2, 0) is 10.8 Å². The standard InChI is InChI=1S/C9H16N2OS/c1-2-9(3-4-10)11-5-7-13(12)8-6-11/h9H,2-3,5-8H2,1H3. The van der Waals surface area contributed by atoms with Gasteiger partial charge in [-0.15, -0.1) is 0 Å². The van der Waals surface area contributed by atoms with Gasteiger partial charge in [-0.05, 0) is 6.42 Å². The fourth-order valence-corrected chi connectivity index (χ4v) is 2.73. The smallest absolute Gasteiger partial charge is 0.0638 e. The molecule has 0 bridgehead atoms. The molecule has 0 spiro atoms. The normalized spacial score (nSPS) is 22.5. The molecule has 0 saturated carbocycles. The summed E-state index contributed by atoms with van der Waals surface area (Å²) < 4.78 is 11.1. The van der Waals surface area contributed by atoms with Gasteiger partial charge in [-0.1, -0.05) is 6.92 Å². The quantitative estimate of drug-likeness (QED) is 0.675. The van der Waals surface area contributed by atoms with Crippen molar-refractivity contribution >= 4 is 10.8 Å². The van der Waals surface area contributed by atoms with Crippen LogP contribution >= 0.6 is 0 Å². The lowest BCUT2D eigenvalue weighted by Gasteiger charge is -2.32. The highest BCUT2D eigenvalue weighted by molar-refractivity contribution is 7.85. The van der Waals surface area contributed by atoms with Crippen molar-refractivity contribution in [1.29, 1.82) is 5.26 Å². The molecular formula is C9H16N2OS. The van der Waals surface area contributed by atoms with Gasteiger partial charge in [0.2, 0.25) is 0 Å². The number of hydrogen-bond acceptors (Lipinski definition) is 3. The SMILES string of the molecule is CCC(CC#N)N1CCS(=O)CC1. The van der Waals surface area contributed by atoms with E-state index in [4.69, 9.17) is 5.26 Å². The van der Waals surface area contributed by atoms with Gasteiger partial charge in [-0.25, -0.2) is 0 Å². The summed E-state index contributed by atoms with van der Waals surface area (Å²) in [7, 11) is -0.608. The van der Waals surface area contributed by atoms with E-state index in [1.807, 2.05) is 0 Å². The van der Waals surface area contributed by atoms with E-state index in [0.717, 1.165) is 31.0 Å². The van der Waals surface area contributed by atoms with Crippen LogP contribution in [0, 0.1) is 11.3 Å². The van der Waals surface area contributed by atoms with Crippen LogP contribution in [0.5, 0.6) is 0 Å². The molecule has 74 valence electrons. The van der Waals surface area contributed by atoms with E-state index in [0.29, 0.717) is 12.5 Å². The van der Waals surface area contributed by atoms with E-state index in [1.54, 1.807) is 0 Å². The molecule has 1 aliphatic heterocycles. The Labute approximate surface area is 82.2 Å². The first-order valence-corrected chi connectivity index (χ1v) is 6.22. The predicted octanol–water partition coefficient (Wildman–Crippen LogP) is 0.743. The third-order valence-electron chi connectivity index (χ3n) is 2.53. The second-order valence-electron chi connectivity index (χ2n) is 3.31. The fraction of sp³-hybridized carbons (Fsp3) is 0.889. The average Bonchev–Trinajstić information content (AvgIpc) is 2.16. The number of rotatable bonds is 3. The highest BCUT2D eigenvalue weighted by Gasteiger charge is 2.21. The van der Waals surface area contributed by atoms with Gasteiger partial charge in [0.1, 0.15) is 0 Å². The van der Waals surface area contributed by atoms with Crippen LogP contribution in [0.3, 0.4) is 0 Å². The van der Waals surface area contributed by atoms with Gasteiger partial charge < -0.3 is 0 Å². The van der Waals surface area contributed by atoms with Crippen LogP contribution in [0.2, 0.25) is 0 Å². The van der Waals surface area contributed by atoms with Gasteiger partial charge >= 0.3 is 0 Å². The zero-order valence-corrected chi connectivity index (χ0v) is 8.85. The molecular weight excluding hydrogens is 184 g/mol. The van der Waals surface area contributed by atoms with E-state index >= 15 is 0 Å². The van der Waals surface area contributed by atoms with Crippen LogP contribution in [0.4, 0.5) is 0 Å². The minimum Gasteiger partial charge on any atom is -0.298 e. The average molecular weight is 200 g/mol. The fourth-order valence-electron chi connectivity index (χ4n) is 1.65. The van der Waals surface area contributed by atoms with Gasteiger partial charge in [-0.2, -0.15) is 5.26 Å². The number of hydrogen-bond donors (Lipinski definition) is 0. The minimum absolute atomic E-state index is 0.377. The maximum Gasteiger partial charge on any atom is 0.0638 e. The van der Waals surface area contributed by atoms with Crippen molar-refractivity contribution < 1.29 is 4.21 Å². The summed E-state index contributed by atoms with van der Waals surface area (Å²) in [5.74, 6) is 1.56. The highest BCUT2D eigenvalue weighted by Crippen LogP contribution is 2.11. The van der Waals surface area contributed by atoms with Crippen molar-refractivity contribution in [3.05, 3.63) is 0 Å². The zero-order chi connectivity index (χ0) is 9.68. The molecule has 1 fully saturated rings. The third-order valence-corrected chi connectivity index (χ3v) is 3.80. The molecule has 0 amide bonds. The molecule has 0 aromatic carbocycles. The van der Waals surface area contributed by atoms with Crippen LogP contribution in [0.25, 0.3) is 0 Å². The Morgan fingerprint density at radius 3 is 2.62 bits per heavy atom. The Morgan fingerprint density at radius 2 is 2.15 bits per heavy atom. The Balaban J connectivity index is 2.41. The number of nitriles is 1. The van der Waals surface area contributed by atoms with Crippen LogP contribution in [0.15, 0.2) is 0 Å². The lowest BCUT2D eigenvalue weighted by molar-refractivity contribution is 0.211. The Hall–Kier alpha value is -0.400. The maximum atomic E-state index is 11.1. The first-order chi connectivity index (χ1) is 6.27. The first kappa shape index (κ1) is 10.7. The molecule has 0 radical (unpaired) electrons. The molecule has 13 heavy (non-hydrogen) atoms. The molecule has 0 aliphatic carbocycles. The molecule has 1 saturated heterocycles. The summed E-state index contributed by atoms with van der Waals surface area (Å²) in [5, 5.41) is 8.61. The van der Waals surface area contributed by atoms with Gasteiger partial charge in [0.15, 0.2) is 0 Å². The molecule has 1 aliphatic rings. The topological polar surface area (TPSA) is 44.1 Å². The Morgan fingerprint density at radius 1 is 1.54 bits per heavy atom. The van der Waals surface area contributed by atoms with Crippen molar-refractivity contribution in [2.75, 3.05) is 24.6 Å². The molecule has 1 rings (SSSR count). The van der Waals surface area contributed by atoms with Gasteiger partial charge in [0, 0.05) is 41.4 Å². The monoisotopic (exact) mass is 200 g/mol. The second-order valence-corrected chi connectivity index (χ2v) is 5.00. The van der Waals surface area contributed by atoms with Gasteiger partial charge in [0.25, 0.3) is 0 Å². The van der Waals surface area contributed by atoms with E-state index in [2.05, 4.69) is 17.9 Å². The van der Waals surface area contributed by atoms with Gasteiger partial charge in [-0.3, -0.25) is 9.11 Å². The zero-order valence-electron chi connectivity index (χ0n) is 8.03. The van der Waals surface area contributed by atoms with E-state index < -0.39 is 10.8 Å². The lowest BCUT2D eigenvalue weighted by atomic mass is 10.1. The first-order valence-electron chi connectivity index (χ1n) is 4.74. The summed E-state index contributed by atoms with van der Waals surface area (Å²) >= 11 is 0. The summed E-state index contributed by atoms with van der Waals surface area (Å²) in [6.07, 6.45) is 1.61. The molecule has 1 atom stereocenters. The largest absolute Gasteiger partial charge is 0.298 e. The minimum atomic E-state index is -0.608. The van der Waals surface area contributed by atoms with Crippen molar-refractivity contribution in [1.82, 2.24) is 4.90 Å². The lowest BCUT2D eigenvalue weighted by Crippen LogP contribution is -2.44. The molecule has 4 heteroatoms.